The van der Waals surface area contributed by atoms with E-state index in [0.717, 1.165) is 12.5 Å². The average molecular weight is 326 g/mol. The normalized spacial score (nSPS) is 43.0. The Bertz CT molecular complexity index is 646. The predicted molar refractivity (Wildman–Crippen MR) is 97.4 cm³/mol. The van der Waals surface area contributed by atoms with Crippen LogP contribution < -0.4 is 4.90 Å². The molecule has 3 heterocycles. The van der Waals surface area contributed by atoms with Gasteiger partial charge < -0.3 is 10.0 Å². The van der Waals surface area contributed by atoms with Gasteiger partial charge in [0.25, 0.3) is 0 Å². The van der Waals surface area contributed by atoms with Crippen LogP contribution in [0.25, 0.3) is 0 Å². The summed E-state index contributed by atoms with van der Waals surface area (Å²) in [6.45, 7) is 8.54. The highest BCUT2D eigenvalue weighted by atomic mass is 16.3. The summed E-state index contributed by atoms with van der Waals surface area (Å²) < 4.78 is 0. The van der Waals surface area contributed by atoms with E-state index in [1.807, 2.05) is 0 Å². The van der Waals surface area contributed by atoms with E-state index in [0.29, 0.717) is 30.5 Å². The van der Waals surface area contributed by atoms with Crippen LogP contribution in [-0.4, -0.2) is 48.3 Å². The lowest BCUT2D eigenvalue weighted by Crippen LogP contribution is -2.66. The van der Waals surface area contributed by atoms with Gasteiger partial charge in [0.05, 0.1) is 0 Å². The zero-order valence-corrected chi connectivity index (χ0v) is 15.0. The van der Waals surface area contributed by atoms with Gasteiger partial charge in [0.2, 0.25) is 0 Å². The lowest BCUT2D eigenvalue weighted by Gasteiger charge is -2.58. The van der Waals surface area contributed by atoms with E-state index in [1.165, 1.54) is 38.0 Å². The molecule has 1 aromatic carbocycles. The van der Waals surface area contributed by atoms with Crippen LogP contribution in [0.3, 0.4) is 0 Å². The molecule has 1 aromatic rings. The molecule has 1 aliphatic carbocycles. The van der Waals surface area contributed by atoms with Gasteiger partial charge >= 0.3 is 0 Å². The van der Waals surface area contributed by atoms with Crippen LogP contribution in [0.1, 0.15) is 38.7 Å². The summed E-state index contributed by atoms with van der Waals surface area (Å²) in [5.41, 5.74) is 3.29. The largest absolute Gasteiger partial charge is 0.396 e. The number of piperidine rings is 1. The summed E-state index contributed by atoms with van der Waals surface area (Å²) in [7, 11) is 0. The first-order valence-corrected chi connectivity index (χ1v) is 9.97. The molecule has 2 bridgehead atoms. The first kappa shape index (κ1) is 15.2. The van der Waals surface area contributed by atoms with Gasteiger partial charge in [-0.1, -0.05) is 31.5 Å². The van der Waals surface area contributed by atoms with Gasteiger partial charge in [-0.3, -0.25) is 4.90 Å². The summed E-state index contributed by atoms with van der Waals surface area (Å²) in [6.07, 6.45) is 3.82. The Labute approximate surface area is 145 Å². The number of para-hydroxylation sites is 1. The van der Waals surface area contributed by atoms with Crippen LogP contribution in [0.5, 0.6) is 0 Å². The van der Waals surface area contributed by atoms with Crippen molar-refractivity contribution in [3.8, 4) is 0 Å². The van der Waals surface area contributed by atoms with Crippen LogP contribution in [0.2, 0.25) is 0 Å². The molecule has 0 unspecified atom stereocenters. The minimum Gasteiger partial charge on any atom is -0.396 e. The molecule has 130 valence electrons. The highest BCUT2D eigenvalue weighted by Crippen LogP contribution is 2.63. The molecule has 3 aliphatic heterocycles. The maximum Gasteiger partial charge on any atom is 0.0482 e. The molecule has 2 saturated heterocycles. The molecule has 0 aromatic heterocycles. The zero-order chi connectivity index (χ0) is 16.5. The van der Waals surface area contributed by atoms with Gasteiger partial charge in [-0.05, 0) is 49.8 Å². The quantitative estimate of drug-likeness (QED) is 0.925. The Morgan fingerprint density at radius 1 is 1.25 bits per heavy atom. The van der Waals surface area contributed by atoms with Crippen molar-refractivity contribution in [2.24, 2.45) is 17.8 Å². The fourth-order valence-electron chi connectivity index (χ4n) is 7.21. The third-order valence-corrected chi connectivity index (χ3v) is 8.03. The Morgan fingerprint density at radius 2 is 2.08 bits per heavy atom. The van der Waals surface area contributed by atoms with Crippen LogP contribution in [0.15, 0.2) is 24.3 Å². The zero-order valence-electron chi connectivity index (χ0n) is 15.0. The molecule has 1 spiro atoms. The van der Waals surface area contributed by atoms with Crippen molar-refractivity contribution >= 4 is 5.69 Å². The molecule has 24 heavy (non-hydrogen) atoms. The minimum absolute atomic E-state index is 0.259. The van der Waals surface area contributed by atoms with Crippen molar-refractivity contribution in [1.82, 2.24) is 4.90 Å². The fraction of sp³-hybridized carbons (Fsp3) is 0.714. The van der Waals surface area contributed by atoms with Gasteiger partial charge in [-0.15, -0.1) is 0 Å². The Kier molecular flexibility index (Phi) is 3.31. The molecule has 3 fully saturated rings. The van der Waals surface area contributed by atoms with Gasteiger partial charge in [0, 0.05) is 48.8 Å². The molecule has 3 nitrogen and oxygen atoms in total. The molecular weight excluding hydrogens is 296 g/mol. The van der Waals surface area contributed by atoms with Crippen molar-refractivity contribution in [2.45, 2.75) is 50.6 Å². The van der Waals surface area contributed by atoms with Crippen LogP contribution >= 0.6 is 0 Å². The highest BCUT2D eigenvalue weighted by molar-refractivity contribution is 5.66. The van der Waals surface area contributed by atoms with E-state index in [2.05, 4.69) is 47.9 Å². The lowest BCUT2D eigenvalue weighted by atomic mass is 9.54. The smallest absolute Gasteiger partial charge is 0.0482 e. The standard InChI is InChI=1S/C21H30N2O/c1-3-14-12-22-10-9-21-17-7-5-6-8-18(17)23(4-2)20(21)16(13-24)15(14)11-19(21)22/h5-8,14-16,19-20,24H,3-4,9-13H2,1-2H3/t14-,15+,16-,19+,20+,21-/m1/s1. The number of fused-ring (bicyclic) bond motifs is 2. The number of hydrogen-bond acceptors (Lipinski definition) is 3. The molecule has 0 radical (unpaired) electrons. The van der Waals surface area contributed by atoms with Crippen molar-refractivity contribution < 1.29 is 5.11 Å². The predicted octanol–water partition coefficient (Wildman–Crippen LogP) is 2.88. The summed E-state index contributed by atoms with van der Waals surface area (Å²) in [6, 6.07) is 10.3. The van der Waals surface area contributed by atoms with Crippen molar-refractivity contribution in [3.63, 3.8) is 0 Å². The number of rotatable bonds is 3. The molecule has 1 N–H and O–H groups in total. The number of hydrogen-bond donors (Lipinski definition) is 1. The Morgan fingerprint density at radius 3 is 2.83 bits per heavy atom. The second kappa shape index (κ2) is 5.22. The summed E-state index contributed by atoms with van der Waals surface area (Å²) in [5, 5.41) is 10.4. The third kappa shape index (κ3) is 1.61. The summed E-state index contributed by atoms with van der Waals surface area (Å²) >= 11 is 0. The SMILES string of the molecule is CC[C@@H]1CN2CC[C@]34c5ccccc5N(CC)[C@H]3[C@H](CO)[C@H]1C[C@H]24. The maximum absolute atomic E-state index is 10.4. The van der Waals surface area contributed by atoms with E-state index in [9.17, 15) is 5.11 Å². The molecular formula is C21H30N2O. The first-order chi connectivity index (χ1) is 11.8. The molecule has 0 amide bonds. The van der Waals surface area contributed by atoms with E-state index < -0.39 is 0 Å². The number of anilines is 1. The number of benzene rings is 1. The molecule has 3 heteroatoms. The Balaban J connectivity index is 1.71. The molecule has 5 rings (SSSR count). The molecule has 1 saturated carbocycles. The number of likely N-dealkylation sites (N-methyl/N-ethyl adjacent to an activating group) is 1. The average Bonchev–Trinajstić information content (AvgIpc) is 3.15. The number of aliphatic hydroxyl groups is 1. The van der Waals surface area contributed by atoms with Crippen LogP contribution in [-0.2, 0) is 5.41 Å². The monoisotopic (exact) mass is 326 g/mol. The maximum atomic E-state index is 10.4. The fourth-order valence-corrected chi connectivity index (χ4v) is 7.21. The van der Waals surface area contributed by atoms with Gasteiger partial charge in [-0.2, -0.15) is 0 Å². The Hall–Kier alpha value is -1.06. The lowest BCUT2D eigenvalue weighted by molar-refractivity contribution is -0.0420. The highest BCUT2D eigenvalue weighted by Gasteiger charge is 2.67. The van der Waals surface area contributed by atoms with E-state index >= 15 is 0 Å². The van der Waals surface area contributed by atoms with Crippen molar-refractivity contribution in [2.75, 3.05) is 31.1 Å². The van der Waals surface area contributed by atoms with Gasteiger partial charge in [0.15, 0.2) is 0 Å². The summed E-state index contributed by atoms with van der Waals surface area (Å²) in [4.78, 5) is 5.46. The van der Waals surface area contributed by atoms with E-state index in [1.54, 1.807) is 5.56 Å². The van der Waals surface area contributed by atoms with E-state index in [-0.39, 0.29) is 5.41 Å². The third-order valence-electron chi connectivity index (χ3n) is 8.03. The summed E-state index contributed by atoms with van der Waals surface area (Å²) in [5.74, 6) is 1.89. The second-order valence-electron chi connectivity index (χ2n) is 8.46. The minimum atomic E-state index is 0.259. The van der Waals surface area contributed by atoms with Gasteiger partial charge in [-0.25, -0.2) is 0 Å². The van der Waals surface area contributed by atoms with Gasteiger partial charge in [0.1, 0.15) is 0 Å². The number of aliphatic hydroxyl groups excluding tert-OH is 1. The van der Waals surface area contributed by atoms with Crippen LogP contribution in [0, 0.1) is 17.8 Å². The van der Waals surface area contributed by atoms with Crippen molar-refractivity contribution in [3.05, 3.63) is 29.8 Å². The van der Waals surface area contributed by atoms with E-state index in [4.69, 9.17) is 0 Å². The van der Waals surface area contributed by atoms with Crippen LogP contribution in [0.4, 0.5) is 5.69 Å². The molecule has 4 aliphatic rings. The van der Waals surface area contributed by atoms with Crippen molar-refractivity contribution in [1.29, 1.82) is 0 Å². The number of nitrogens with zero attached hydrogens (tertiary/aromatic N) is 2. The first-order valence-electron chi connectivity index (χ1n) is 9.97. The topological polar surface area (TPSA) is 26.7 Å². The second-order valence-corrected chi connectivity index (χ2v) is 8.46. The molecule has 6 atom stereocenters.